The number of phenols is 2. The molecule has 1 aromatic rings. The maximum absolute atomic E-state index is 12.7. The van der Waals surface area contributed by atoms with Gasteiger partial charge in [0.05, 0.1) is 12.5 Å². The average Bonchev–Trinajstić information content (AvgIpc) is 2.61. The van der Waals surface area contributed by atoms with Gasteiger partial charge in [-0.1, -0.05) is 6.92 Å². The molecule has 0 spiro atoms. The normalized spacial score (nSPS) is 36.2. The number of fused-ring (bicyclic) bond motifs is 1. The van der Waals surface area contributed by atoms with Gasteiger partial charge in [-0.3, -0.25) is 4.79 Å². The van der Waals surface area contributed by atoms with E-state index in [-0.39, 0.29) is 23.5 Å². The number of Topliss-reactive ketones (excluding diaryl/α,β-unsaturated/α-hetero) is 1. The van der Waals surface area contributed by atoms with Gasteiger partial charge in [0.25, 0.3) is 0 Å². The van der Waals surface area contributed by atoms with E-state index in [0.717, 1.165) is 12.1 Å². The van der Waals surface area contributed by atoms with Crippen molar-refractivity contribution in [2.45, 2.75) is 50.3 Å². The van der Waals surface area contributed by atoms with Crippen molar-refractivity contribution in [1.29, 1.82) is 0 Å². The molecule has 7 unspecified atom stereocenters. The van der Waals surface area contributed by atoms with Crippen LogP contribution in [0.2, 0.25) is 0 Å². The molecule has 3 rings (SSSR count). The summed E-state index contributed by atoms with van der Waals surface area (Å²) in [6.45, 7) is 1.06. The van der Waals surface area contributed by atoms with Crippen LogP contribution >= 0.6 is 0 Å². The lowest BCUT2D eigenvalue weighted by Gasteiger charge is -2.42. The van der Waals surface area contributed by atoms with Crippen LogP contribution in [0.15, 0.2) is 12.1 Å². The Morgan fingerprint density at radius 1 is 1.07 bits per heavy atom. The number of ketones is 1. The fraction of sp³-hybridized carbons (Fsp3) is 0.588. The minimum absolute atomic E-state index is 0.0895. The molecule has 0 radical (unpaired) electrons. The monoisotopic (exact) mass is 386 g/mol. The highest BCUT2D eigenvalue weighted by molar-refractivity contribution is 6.04. The van der Waals surface area contributed by atoms with E-state index in [0.29, 0.717) is 0 Å². The summed E-state index contributed by atoms with van der Waals surface area (Å²) in [5, 5.41) is 58.6. The van der Waals surface area contributed by atoms with Crippen molar-refractivity contribution >= 4 is 5.78 Å². The number of hydrogen-bond acceptors (Lipinski definition) is 10. The molecule has 10 heteroatoms. The number of ether oxygens (including phenoxy) is 3. The second-order valence-corrected chi connectivity index (χ2v) is 6.54. The van der Waals surface area contributed by atoms with Crippen molar-refractivity contribution in [3.05, 3.63) is 17.7 Å². The number of hydrogen-bond donors (Lipinski definition) is 6. The van der Waals surface area contributed by atoms with Gasteiger partial charge in [0.15, 0.2) is 12.1 Å². The summed E-state index contributed by atoms with van der Waals surface area (Å²) >= 11 is 0. The minimum atomic E-state index is -1.65. The van der Waals surface area contributed by atoms with E-state index in [9.17, 15) is 35.4 Å². The summed E-state index contributed by atoms with van der Waals surface area (Å²) in [5.74, 6) is -2.19. The Balaban J connectivity index is 1.86. The second-order valence-electron chi connectivity index (χ2n) is 6.54. The summed E-state index contributed by atoms with van der Waals surface area (Å²) in [7, 11) is 0. The number of rotatable bonds is 4. The minimum Gasteiger partial charge on any atom is -0.508 e. The first kappa shape index (κ1) is 19.8. The highest BCUT2D eigenvalue weighted by atomic mass is 16.8. The molecule has 2 heterocycles. The number of carbonyl (C=O) groups is 1. The van der Waals surface area contributed by atoms with Crippen molar-refractivity contribution < 1.29 is 49.6 Å². The van der Waals surface area contributed by atoms with Crippen LogP contribution in [0.1, 0.15) is 23.7 Å². The van der Waals surface area contributed by atoms with Gasteiger partial charge in [0.1, 0.15) is 47.2 Å². The summed E-state index contributed by atoms with van der Waals surface area (Å²) in [6.07, 6.45) is -8.49. The number of aromatic hydroxyl groups is 2. The summed E-state index contributed by atoms with van der Waals surface area (Å²) < 4.78 is 16.4. The number of aliphatic hydroxyl groups is 4. The Labute approximate surface area is 154 Å². The van der Waals surface area contributed by atoms with Crippen LogP contribution in [0, 0.1) is 5.92 Å². The van der Waals surface area contributed by atoms with E-state index in [4.69, 9.17) is 14.2 Å². The zero-order chi connectivity index (χ0) is 19.9. The fourth-order valence-corrected chi connectivity index (χ4v) is 3.26. The van der Waals surface area contributed by atoms with Crippen molar-refractivity contribution in [3.8, 4) is 17.2 Å². The van der Waals surface area contributed by atoms with Gasteiger partial charge < -0.3 is 44.8 Å². The van der Waals surface area contributed by atoms with E-state index < -0.39 is 61.1 Å². The highest BCUT2D eigenvalue weighted by Crippen LogP contribution is 2.41. The standard InChI is InChI=1S/C17H22O10/c1-2-7-12(21)11-8(20)3-6(19)4-9(11)25-16(7)27-17-15(24)14(23)13(22)10(5-18)26-17/h3-4,7,10,13-20,22-24H,2,5H2,1H3. The van der Waals surface area contributed by atoms with Crippen LogP contribution in [0.3, 0.4) is 0 Å². The molecule has 0 amide bonds. The molecule has 6 N–H and O–H groups in total. The Bertz CT molecular complexity index is 705. The first-order valence-corrected chi connectivity index (χ1v) is 8.51. The Kier molecular flexibility index (Phi) is 5.56. The van der Waals surface area contributed by atoms with Crippen LogP contribution in [0.4, 0.5) is 0 Å². The molecule has 0 bridgehead atoms. The molecule has 1 fully saturated rings. The molecule has 0 aromatic heterocycles. The SMILES string of the molecule is CCC1C(=O)c2c(O)cc(O)cc2OC1OC1OC(CO)C(O)C(O)C1O. The van der Waals surface area contributed by atoms with Gasteiger partial charge in [-0.2, -0.15) is 0 Å². The van der Waals surface area contributed by atoms with Crippen LogP contribution in [-0.4, -0.2) is 80.0 Å². The molecule has 10 nitrogen and oxygen atoms in total. The smallest absolute Gasteiger partial charge is 0.212 e. The molecular formula is C17H22O10. The third-order valence-electron chi connectivity index (χ3n) is 4.78. The third kappa shape index (κ3) is 3.47. The van der Waals surface area contributed by atoms with Crippen LogP contribution in [0.25, 0.3) is 0 Å². The molecule has 1 saturated heterocycles. The predicted molar refractivity (Wildman–Crippen MR) is 87.2 cm³/mol. The molecule has 0 aliphatic carbocycles. The Morgan fingerprint density at radius 2 is 1.78 bits per heavy atom. The predicted octanol–water partition coefficient (Wildman–Crippen LogP) is -1.16. The molecular weight excluding hydrogens is 364 g/mol. The van der Waals surface area contributed by atoms with Crippen LogP contribution < -0.4 is 4.74 Å². The quantitative estimate of drug-likeness (QED) is 0.372. The van der Waals surface area contributed by atoms with Gasteiger partial charge >= 0.3 is 0 Å². The van der Waals surface area contributed by atoms with Crippen molar-refractivity contribution in [2.24, 2.45) is 5.92 Å². The lowest BCUT2D eigenvalue weighted by molar-refractivity contribution is -0.332. The maximum atomic E-state index is 12.7. The van der Waals surface area contributed by atoms with E-state index in [2.05, 4.69) is 0 Å². The van der Waals surface area contributed by atoms with Crippen molar-refractivity contribution in [3.63, 3.8) is 0 Å². The molecule has 2 aliphatic heterocycles. The number of carbonyl (C=O) groups excluding carboxylic acids is 1. The van der Waals surface area contributed by atoms with Crippen LogP contribution in [0.5, 0.6) is 17.2 Å². The Morgan fingerprint density at radius 3 is 2.41 bits per heavy atom. The molecule has 1 aromatic carbocycles. The molecule has 150 valence electrons. The summed E-state index contributed by atoms with van der Waals surface area (Å²) in [6, 6.07) is 2.16. The van der Waals surface area contributed by atoms with Gasteiger partial charge in [0, 0.05) is 12.1 Å². The maximum Gasteiger partial charge on any atom is 0.212 e. The third-order valence-corrected chi connectivity index (χ3v) is 4.78. The molecule has 0 saturated carbocycles. The van der Waals surface area contributed by atoms with E-state index in [1.54, 1.807) is 6.92 Å². The summed E-state index contributed by atoms with van der Waals surface area (Å²) in [5.41, 5.74) is -0.0895. The van der Waals surface area contributed by atoms with Crippen molar-refractivity contribution in [2.75, 3.05) is 6.61 Å². The molecule has 7 atom stereocenters. The zero-order valence-electron chi connectivity index (χ0n) is 14.4. The second kappa shape index (κ2) is 7.58. The highest BCUT2D eigenvalue weighted by Gasteiger charge is 2.47. The summed E-state index contributed by atoms with van der Waals surface area (Å²) in [4.78, 5) is 12.7. The first-order valence-electron chi connectivity index (χ1n) is 8.51. The largest absolute Gasteiger partial charge is 0.508 e. The zero-order valence-corrected chi connectivity index (χ0v) is 14.4. The van der Waals surface area contributed by atoms with Crippen molar-refractivity contribution in [1.82, 2.24) is 0 Å². The number of benzene rings is 1. The van der Waals surface area contributed by atoms with Crippen LogP contribution in [-0.2, 0) is 9.47 Å². The molecule has 27 heavy (non-hydrogen) atoms. The van der Waals surface area contributed by atoms with E-state index in [1.165, 1.54) is 0 Å². The average molecular weight is 386 g/mol. The lowest BCUT2D eigenvalue weighted by atomic mass is 9.90. The van der Waals surface area contributed by atoms with Gasteiger partial charge in [-0.15, -0.1) is 0 Å². The molecule has 2 aliphatic rings. The fourth-order valence-electron chi connectivity index (χ4n) is 3.26. The van der Waals surface area contributed by atoms with E-state index in [1.807, 2.05) is 0 Å². The van der Waals surface area contributed by atoms with E-state index >= 15 is 0 Å². The van der Waals surface area contributed by atoms with Gasteiger partial charge in [-0.05, 0) is 6.42 Å². The van der Waals surface area contributed by atoms with Gasteiger partial charge in [-0.25, -0.2) is 0 Å². The Hall–Kier alpha value is -1.95. The number of aliphatic hydroxyl groups excluding tert-OH is 4. The number of phenolic OH excluding ortho intramolecular Hbond substituents is 2. The topological polar surface area (TPSA) is 166 Å². The van der Waals surface area contributed by atoms with Gasteiger partial charge in [0.2, 0.25) is 6.29 Å². The lowest BCUT2D eigenvalue weighted by Crippen LogP contribution is -2.60. The first-order chi connectivity index (χ1) is 12.8.